The van der Waals surface area contributed by atoms with Crippen LogP contribution in [0.2, 0.25) is 5.02 Å². The van der Waals surface area contributed by atoms with Gasteiger partial charge in [-0.2, -0.15) is 0 Å². The minimum atomic E-state index is -0.922. The van der Waals surface area contributed by atoms with E-state index in [4.69, 9.17) is 16.3 Å². The molecule has 0 unspecified atom stereocenters. The van der Waals surface area contributed by atoms with E-state index >= 15 is 0 Å². The number of esters is 1. The number of nitrogens with one attached hydrogen (secondary N) is 1. The normalized spacial score (nSPS) is 12.4. The second-order valence-corrected chi connectivity index (χ2v) is 6.85. The van der Waals surface area contributed by atoms with Gasteiger partial charge in [-0.3, -0.25) is 9.59 Å². The maximum Gasteiger partial charge on any atom is 0.316 e. The van der Waals surface area contributed by atoms with E-state index < -0.39 is 23.4 Å². The average Bonchev–Trinajstić information content (AvgIpc) is 2.59. The number of ether oxygens (including phenoxy) is 1. The summed E-state index contributed by atoms with van der Waals surface area (Å²) in [4.78, 5) is 24.9. The number of anilines is 1. The van der Waals surface area contributed by atoms with Crippen molar-refractivity contribution in [2.75, 3.05) is 5.32 Å². The van der Waals surface area contributed by atoms with Crippen molar-refractivity contribution in [2.24, 2.45) is 0 Å². The number of benzene rings is 2. The van der Waals surface area contributed by atoms with E-state index in [1.54, 1.807) is 39.0 Å². The second-order valence-electron chi connectivity index (χ2n) is 6.44. The summed E-state index contributed by atoms with van der Waals surface area (Å²) < 4.78 is 5.39. The average molecular weight is 360 g/mol. The first-order valence-electron chi connectivity index (χ1n) is 8.06. The van der Waals surface area contributed by atoms with E-state index in [-0.39, 0.29) is 0 Å². The summed E-state index contributed by atoms with van der Waals surface area (Å²) >= 11 is 6.05. The molecule has 0 aromatic heterocycles. The Morgan fingerprint density at radius 2 is 1.72 bits per heavy atom. The van der Waals surface area contributed by atoms with Crippen LogP contribution in [0.3, 0.4) is 0 Å². The molecule has 0 aliphatic heterocycles. The van der Waals surface area contributed by atoms with Crippen molar-refractivity contribution in [3.8, 4) is 0 Å². The molecule has 0 radical (unpaired) electrons. The third-order valence-corrected chi connectivity index (χ3v) is 4.59. The molecule has 1 atom stereocenters. The summed E-state index contributed by atoms with van der Waals surface area (Å²) in [5, 5.41) is 3.31. The number of rotatable bonds is 5. The highest BCUT2D eigenvalue weighted by Crippen LogP contribution is 2.26. The van der Waals surface area contributed by atoms with Crippen LogP contribution in [0, 0.1) is 6.92 Å². The molecule has 2 rings (SSSR count). The van der Waals surface area contributed by atoms with Gasteiger partial charge in [-0.15, -0.1) is 0 Å². The lowest BCUT2D eigenvalue weighted by Gasteiger charge is -2.25. The Kier molecular flexibility index (Phi) is 5.85. The molecule has 0 fully saturated rings. The quantitative estimate of drug-likeness (QED) is 0.800. The lowest BCUT2D eigenvalue weighted by atomic mass is 9.85. The summed E-state index contributed by atoms with van der Waals surface area (Å²) in [6.07, 6.45) is -0.922. The predicted molar refractivity (Wildman–Crippen MR) is 99.8 cm³/mol. The van der Waals surface area contributed by atoms with Gasteiger partial charge in [0.25, 0.3) is 5.91 Å². The van der Waals surface area contributed by atoms with Crippen molar-refractivity contribution in [3.63, 3.8) is 0 Å². The van der Waals surface area contributed by atoms with Gasteiger partial charge in [0.2, 0.25) is 0 Å². The van der Waals surface area contributed by atoms with E-state index in [1.165, 1.54) is 0 Å². The van der Waals surface area contributed by atoms with Crippen LogP contribution < -0.4 is 5.32 Å². The SMILES string of the molecule is Cc1c(Cl)cccc1NC(=O)[C@H](C)OC(=O)C(C)(C)c1ccccc1. The summed E-state index contributed by atoms with van der Waals surface area (Å²) in [6.45, 7) is 6.91. The number of carbonyl (C=O) groups excluding carboxylic acids is 2. The fourth-order valence-corrected chi connectivity index (χ4v) is 2.49. The van der Waals surface area contributed by atoms with Crippen molar-refractivity contribution < 1.29 is 14.3 Å². The maximum absolute atomic E-state index is 12.5. The summed E-state index contributed by atoms with van der Waals surface area (Å²) in [5.74, 6) is -0.855. The van der Waals surface area contributed by atoms with Crippen molar-refractivity contribution in [2.45, 2.75) is 39.2 Å². The molecule has 0 saturated carbocycles. The van der Waals surface area contributed by atoms with Crippen LogP contribution in [-0.2, 0) is 19.7 Å². The molecule has 2 aromatic carbocycles. The zero-order valence-corrected chi connectivity index (χ0v) is 15.6. The highest BCUT2D eigenvalue weighted by Gasteiger charge is 2.33. The Morgan fingerprint density at radius 1 is 1.08 bits per heavy atom. The van der Waals surface area contributed by atoms with Gasteiger partial charge in [0, 0.05) is 10.7 Å². The molecule has 2 aromatic rings. The molecule has 132 valence electrons. The lowest BCUT2D eigenvalue weighted by Crippen LogP contribution is -2.37. The minimum absolute atomic E-state index is 0.400. The van der Waals surface area contributed by atoms with Gasteiger partial charge < -0.3 is 10.1 Å². The van der Waals surface area contributed by atoms with Crippen LogP contribution in [-0.4, -0.2) is 18.0 Å². The van der Waals surface area contributed by atoms with Crippen molar-refractivity contribution in [1.82, 2.24) is 0 Å². The first-order chi connectivity index (χ1) is 11.7. The van der Waals surface area contributed by atoms with Gasteiger partial charge in [-0.05, 0) is 51.0 Å². The fraction of sp³-hybridized carbons (Fsp3) is 0.300. The lowest BCUT2D eigenvalue weighted by molar-refractivity contribution is -0.158. The number of amides is 1. The van der Waals surface area contributed by atoms with E-state index in [0.717, 1.165) is 11.1 Å². The van der Waals surface area contributed by atoms with Gasteiger partial charge in [0.1, 0.15) is 0 Å². The van der Waals surface area contributed by atoms with Gasteiger partial charge in [-0.1, -0.05) is 48.0 Å². The van der Waals surface area contributed by atoms with Crippen LogP contribution in [0.1, 0.15) is 31.9 Å². The molecule has 1 amide bonds. The smallest absolute Gasteiger partial charge is 0.316 e. The summed E-state index contributed by atoms with van der Waals surface area (Å²) in [5.41, 5.74) is 1.35. The monoisotopic (exact) mass is 359 g/mol. The van der Waals surface area contributed by atoms with Crippen LogP contribution in [0.5, 0.6) is 0 Å². The van der Waals surface area contributed by atoms with Crippen LogP contribution in [0.25, 0.3) is 0 Å². The molecule has 0 saturated heterocycles. The molecular weight excluding hydrogens is 338 g/mol. The number of halogens is 1. The molecule has 5 heteroatoms. The molecule has 1 N–H and O–H groups in total. The first kappa shape index (κ1) is 19.0. The van der Waals surface area contributed by atoms with Gasteiger partial charge in [0.05, 0.1) is 5.41 Å². The molecule has 0 spiro atoms. The van der Waals surface area contributed by atoms with E-state index in [2.05, 4.69) is 5.32 Å². The Labute approximate surface area is 153 Å². The van der Waals surface area contributed by atoms with Crippen molar-refractivity contribution >= 4 is 29.2 Å². The largest absolute Gasteiger partial charge is 0.452 e. The number of hydrogen-bond donors (Lipinski definition) is 1. The third kappa shape index (κ3) is 4.40. The molecule has 0 aliphatic carbocycles. The molecular formula is C20H22ClNO3. The molecule has 4 nitrogen and oxygen atoms in total. The Morgan fingerprint density at radius 3 is 2.36 bits per heavy atom. The zero-order valence-electron chi connectivity index (χ0n) is 14.8. The first-order valence-corrected chi connectivity index (χ1v) is 8.44. The van der Waals surface area contributed by atoms with Gasteiger partial charge >= 0.3 is 5.97 Å². The Bertz CT molecular complexity index is 772. The molecule has 0 heterocycles. The Hall–Kier alpha value is -2.33. The van der Waals surface area contributed by atoms with Crippen LogP contribution in [0.15, 0.2) is 48.5 Å². The number of carbonyl (C=O) groups is 2. The van der Waals surface area contributed by atoms with E-state index in [0.29, 0.717) is 10.7 Å². The molecule has 25 heavy (non-hydrogen) atoms. The minimum Gasteiger partial charge on any atom is -0.452 e. The summed E-state index contributed by atoms with van der Waals surface area (Å²) in [6, 6.07) is 14.6. The Balaban J connectivity index is 2.05. The maximum atomic E-state index is 12.5. The molecule has 0 bridgehead atoms. The standard InChI is InChI=1S/C20H22ClNO3/c1-13-16(21)11-8-12-17(13)22-18(23)14(2)25-19(24)20(3,4)15-9-6-5-7-10-15/h5-12,14H,1-4H3,(H,22,23)/t14-/m0/s1. The topological polar surface area (TPSA) is 55.4 Å². The molecule has 0 aliphatic rings. The third-order valence-electron chi connectivity index (χ3n) is 4.18. The van der Waals surface area contributed by atoms with E-state index in [9.17, 15) is 9.59 Å². The zero-order chi connectivity index (χ0) is 18.6. The second kappa shape index (κ2) is 7.70. The van der Waals surface area contributed by atoms with Crippen LogP contribution in [0.4, 0.5) is 5.69 Å². The van der Waals surface area contributed by atoms with Gasteiger partial charge in [0.15, 0.2) is 6.10 Å². The summed E-state index contributed by atoms with van der Waals surface area (Å²) in [7, 11) is 0. The predicted octanol–water partition coefficient (Wildman–Crippen LogP) is 4.50. The highest BCUT2D eigenvalue weighted by molar-refractivity contribution is 6.31. The van der Waals surface area contributed by atoms with Crippen LogP contribution >= 0.6 is 11.6 Å². The highest BCUT2D eigenvalue weighted by atomic mass is 35.5. The van der Waals surface area contributed by atoms with Gasteiger partial charge in [-0.25, -0.2) is 0 Å². The number of hydrogen-bond acceptors (Lipinski definition) is 3. The van der Waals surface area contributed by atoms with Crippen molar-refractivity contribution in [1.29, 1.82) is 0 Å². The fourth-order valence-electron chi connectivity index (χ4n) is 2.31. The van der Waals surface area contributed by atoms with Crippen molar-refractivity contribution in [3.05, 3.63) is 64.7 Å². The van der Waals surface area contributed by atoms with E-state index in [1.807, 2.05) is 37.3 Å².